The molecule has 0 aliphatic rings. The Morgan fingerprint density at radius 2 is 2.14 bits per heavy atom. The van der Waals surface area contributed by atoms with Crippen molar-refractivity contribution >= 4 is 34.1 Å². The molecule has 1 aromatic heterocycles. The van der Waals surface area contributed by atoms with Gasteiger partial charge in [0.15, 0.2) is 0 Å². The Kier molecular flexibility index (Phi) is 3.07. The summed E-state index contributed by atoms with van der Waals surface area (Å²) in [5, 5.41) is 0.847. The van der Waals surface area contributed by atoms with E-state index in [9.17, 15) is 4.39 Å². The Bertz CT molecular complexity index is 444. The summed E-state index contributed by atoms with van der Waals surface area (Å²) < 4.78 is 18.0. The Labute approximate surface area is 98.5 Å². The largest absolute Gasteiger partial charge is 0.214 e. The Morgan fingerprint density at radius 1 is 1.36 bits per heavy atom. The fourth-order valence-electron chi connectivity index (χ4n) is 1.11. The molecule has 0 bridgehead atoms. The van der Waals surface area contributed by atoms with E-state index in [1.165, 1.54) is 17.6 Å². The van der Waals surface area contributed by atoms with Gasteiger partial charge in [0.05, 0.1) is 0 Å². The monoisotopic (exact) mass is 320 g/mol. The molecule has 0 unspecified atom stereocenters. The molecule has 0 saturated heterocycles. The molecule has 0 N–H and O–H groups in total. The van der Waals surface area contributed by atoms with Crippen molar-refractivity contribution in [3.05, 3.63) is 44.5 Å². The molecule has 0 atom stereocenters. The van der Waals surface area contributed by atoms with Gasteiger partial charge in [0.1, 0.15) is 10.8 Å². The molecule has 2 rings (SSSR count). The molecular formula is C9H6FIN2S. The highest BCUT2D eigenvalue weighted by molar-refractivity contribution is 14.1. The summed E-state index contributed by atoms with van der Waals surface area (Å²) in [7, 11) is 0. The minimum Gasteiger partial charge on any atom is -0.214 e. The highest BCUT2D eigenvalue weighted by Crippen LogP contribution is 2.15. The van der Waals surface area contributed by atoms with E-state index in [1.54, 1.807) is 12.1 Å². The molecule has 0 amide bonds. The highest BCUT2D eigenvalue weighted by atomic mass is 127. The number of hydrogen-bond acceptors (Lipinski definition) is 3. The van der Waals surface area contributed by atoms with Crippen molar-refractivity contribution < 1.29 is 4.39 Å². The van der Waals surface area contributed by atoms with Gasteiger partial charge in [-0.3, -0.25) is 0 Å². The molecule has 1 aromatic carbocycles. The zero-order chi connectivity index (χ0) is 9.97. The average Bonchev–Trinajstić information content (AvgIpc) is 2.56. The van der Waals surface area contributed by atoms with Crippen LogP contribution in [0.2, 0.25) is 0 Å². The van der Waals surface area contributed by atoms with E-state index in [1.807, 2.05) is 28.7 Å². The first kappa shape index (κ1) is 9.97. The van der Waals surface area contributed by atoms with E-state index in [0.29, 0.717) is 12.0 Å². The Hall–Kier alpha value is -0.560. The lowest BCUT2D eigenvalue weighted by Gasteiger charge is -1.98. The van der Waals surface area contributed by atoms with E-state index in [2.05, 4.69) is 9.36 Å². The first-order chi connectivity index (χ1) is 6.75. The van der Waals surface area contributed by atoms with Crippen molar-refractivity contribution in [2.45, 2.75) is 6.42 Å². The van der Waals surface area contributed by atoms with Gasteiger partial charge in [-0.25, -0.2) is 9.37 Å². The molecule has 2 aromatic rings. The highest BCUT2D eigenvalue weighted by Gasteiger charge is 2.05. The maximum atomic E-state index is 13.2. The zero-order valence-corrected chi connectivity index (χ0v) is 10.0. The lowest BCUT2D eigenvalue weighted by atomic mass is 10.1. The molecule has 14 heavy (non-hydrogen) atoms. The van der Waals surface area contributed by atoms with E-state index < -0.39 is 0 Å². The fraction of sp³-hybridized carbons (Fsp3) is 0.111. The predicted octanol–water partition coefficient (Wildman–Crippen LogP) is 2.87. The summed E-state index contributed by atoms with van der Waals surface area (Å²) >= 11 is 3.36. The Morgan fingerprint density at radius 3 is 2.79 bits per heavy atom. The molecule has 72 valence electrons. The number of nitrogens with zero attached hydrogens (tertiary/aromatic N) is 2. The van der Waals surface area contributed by atoms with Crippen LogP contribution in [0.3, 0.4) is 0 Å². The third-order valence-corrected chi connectivity index (χ3v) is 3.26. The molecule has 0 fully saturated rings. The van der Waals surface area contributed by atoms with Crippen molar-refractivity contribution in [3.63, 3.8) is 0 Å². The Balaban J connectivity index is 2.23. The molecule has 1 heterocycles. The van der Waals surface area contributed by atoms with Crippen LogP contribution >= 0.6 is 34.1 Å². The van der Waals surface area contributed by atoms with Gasteiger partial charge in [-0.2, -0.15) is 4.37 Å². The number of halogens is 2. The summed E-state index contributed by atoms with van der Waals surface area (Å²) in [6.45, 7) is 0. The molecule has 5 heteroatoms. The minimum atomic E-state index is -0.183. The van der Waals surface area contributed by atoms with Gasteiger partial charge in [0, 0.05) is 29.0 Å². The molecule has 0 saturated carbocycles. The second kappa shape index (κ2) is 4.31. The topological polar surface area (TPSA) is 25.8 Å². The summed E-state index contributed by atoms with van der Waals surface area (Å²) in [6, 6.07) is 6.73. The van der Waals surface area contributed by atoms with Crippen molar-refractivity contribution in [2.24, 2.45) is 0 Å². The lowest BCUT2D eigenvalue weighted by Crippen LogP contribution is -1.91. The van der Waals surface area contributed by atoms with Crippen molar-refractivity contribution in [2.75, 3.05) is 0 Å². The van der Waals surface area contributed by atoms with E-state index >= 15 is 0 Å². The third-order valence-electron chi connectivity index (χ3n) is 1.74. The summed E-state index contributed by atoms with van der Waals surface area (Å²) in [6.07, 6.45) is 0.521. The summed E-state index contributed by atoms with van der Waals surface area (Å²) in [5.74, 6) is -0.183. The molecular weight excluding hydrogens is 314 g/mol. The van der Waals surface area contributed by atoms with Crippen LogP contribution in [0.15, 0.2) is 24.3 Å². The smallest absolute Gasteiger partial charge is 0.203 e. The van der Waals surface area contributed by atoms with Crippen LogP contribution in [0, 0.1) is 9.65 Å². The maximum Gasteiger partial charge on any atom is 0.203 e. The summed E-state index contributed by atoms with van der Waals surface area (Å²) in [5.41, 5.74) is 0.667. The number of benzene rings is 1. The van der Waals surface area contributed by atoms with Crippen molar-refractivity contribution in [1.29, 1.82) is 0 Å². The first-order valence-electron chi connectivity index (χ1n) is 3.97. The average molecular weight is 320 g/mol. The van der Waals surface area contributed by atoms with Crippen LogP contribution < -0.4 is 0 Å². The van der Waals surface area contributed by atoms with Crippen molar-refractivity contribution in [3.8, 4) is 0 Å². The lowest BCUT2D eigenvalue weighted by molar-refractivity contribution is 0.614. The molecule has 2 nitrogen and oxygen atoms in total. The van der Waals surface area contributed by atoms with Gasteiger partial charge in [0.25, 0.3) is 0 Å². The molecule has 0 radical (unpaired) electrons. The molecule has 0 aliphatic carbocycles. The van der Waals surface area contributed by atoms with E-state index in [-0.39, 0.29) is 5.82 Å². The molecule has 0 spiro atoms. The maximum absolute atomic E-state index is 13.2. The van der Waals surface area contributed by atoms with E-state index in [4.69, 9.17) is 0 Å². The minimum absolute atomic E-state index is 0.183. The van der Waals surface area contributed by atoms with Gasteiger partial charge in [-0.15, -0.1) is 0 Å². The van der Waals surface area contributed by atoms with Crippen LogP contribution in [-0.2, 0) is 6.42 Å². The second-order valence-corrected chi connectivity index (χ2v) is 4.53. The first-order valence-corrected chi connectivity index (χ1v) is 5.82. The van der Waals surface area contributed by atoms with Crippen LogP contribution in [0.5, 0.6) is 0 Å². The van der Waals surface area contributed by atoms with Gasteiger partial charge >= 0.3 is 0 Å². The normalized spacial score (nSPS) is 10.4. The van der Waals surface area contributed by atoms with Gasteiger partial charge in [0.2, 0.25) is 3.83 Å². The number of hydrogen-bond donors (Lipinski definition) is 0. The van der Waals surface area contributed by atoms with Gasteiger partial charge < -0.3 is 0 Å². The van der Waals surface area contributed by atoms with E-state index in [0.717, 1.165) is 8.84 Å². The predicted molar refractivity (Wildman–Crippen MR) is 61.8 cm³/mol. The van der Waals surface area contributed by atoms with Crippen LogP contribution in [0.1, 0.15) is 10.6 Å². The van der Waals surface area contributed by atoms with Gasteiger partial charge in [-0.1, -0.05) is 18.2 Å². The zero-order valence-electron chi connectivity index (χ0n) is 7.08. The number of rotatable bonds is 2. The standard InChI is InChI=1S/C9H6FIN2S/c10-7-4-2-1-3-6(7)5-8-12-9(11)13-14-8/h1-4H,5H2. The van der Waals surface area contributed by atoms with Gasteiger partial charge in [-0.05, 0) is 23.2 Å². The summed E-state index contributed by atoms with van der Waals surface area (Å²) in [4.78, 5) is 4.17. The van der Waals surface area contributed by atoms with Crippen LogP contribution in [0.4, 0.5) is 4.39 Å². The SMILES string of the molecule is Fc1ccccc1Cc1nc(I)ns1. The van der Waals surface area contributed by atoms with Crippen LogP contribution in [-0.4, -0.2) is 9.36 Å². The second-order valence-electron chi connectivity index (χ2n) is 2.73. The quantitative estimate of drug-likeness (QED) is 0.795. The number of aromatic nitrogens is 2. The van der Waals surface area contributed by atoms with Crippen molar-refractivity contribution in [1.82, 2.24) is 9.36 Å². The fourth-order valence-corrected chi connectivity index (χ4v) is 2.43. The molecule has 0 aliphatic heterocycles. The van der Waals surface area contributed by atoms with Crippen LogP contribution in [0.25, 0.3) is 0 Å². The third kappa shape index (κ3) is 2.27.